The van der Waals surface area contributed by atoms with E-state index in [9.17, 15) is 9.59 Å². The maximum Gasteiger partial charge on any atom is 0.303 e. The predicted molar refractivity (Wildman–Crippen MR) is 68.4 cm³/mol. The van der Waals surface area contributed by atoms with Crippen molar-refractivity contribution in [3.8, 4) is 0 Å². The third-order valence-electron chi connectivity index (χ3n) is 2.20. The fourth-order valence-corrected chi connectivity index (χ4v) is 1.48. The van der Waals surface area contributed by atoms with Gasteiger partial charge in [-0.1, -0.05) is 0 Å². The van der Waals surface area contributed by atoms with Crippen LogP contribution in [-0.4, -0.2) is 17.0 Å². The van der Waals surface area contributed by atoms with E-state index in [1.807, 2.05) is 0 Å². The SMILES string of the molecule is O=C(O)CCCCC(=O)Nc1ccc(S)cc1. The summed E-state index contributed by atoms with van der Waals surface area (Å²) >= 11 is 4.14. The average Bonchev–Trinajstić information content (AvgIpc) is 2.27. The highest BCUT2D eigenvalue weighted by molar-refractivity contribution is 7.80. The molecular formula is C12H15NO3S. The first-order valence-corrected chi connectivity index (χ1v) is 5.83. The molecule has 0 aliphatic carbocycles. The maximum atomic E-state index is 11.5. The third kappa shape index (κ3) is 5.97. The van der Waals surface area contributed by atoms with Gasteiger partial charge in [-0.3, -0.25) is 9.59 Å². The van der Waals surface area contributed by atoms with E-state index in [0.29, 0.717) is 19.3 Å². The van der Waals surface area contributed by atoms with Crippen molar-refractivity contribution in [1.82, 2.24) is 0 Å². The van der Waals surface area contributed by atoms with Crippen LogP contribution < -0.4 is 5.32 Å². The van der Waals surface area contributed by atoms with Gasteiger partial charge in [0.1, 0.15) is 0 Å². The van der Waals surface area contributed by atoms with Gasteiger partial charge >= 0.3 is 5.97 Å². The summed E-state index contributed by atoms with van der Waals surface area (Å²) in [6.45, 7) is 0. The van der Waals surface area contributed by atoms with Gasteiger partial charge in [-0.25, -0.2) is 0 Å². The van der Waals surface area contributed by atoms with Gasteiger partial charge in [-0.05, 0) is 37.1 Å². The minimum Gasteiger partial charge on any atom is -0.481 e. The zero-order chi connectivity index (χ0) is 12.7. The Bertz CT molecular complexity index is 389. The Balaban J connectivity index is 2.25. The highest BCUT2D eigenvalue weighted by atomic mass is 32.1. The molecule has 17 heavy (non-hydrogen) atoms. The van der Waals surface area contributed by atoms with E-state index in [4.69, 9.17) is 5.11 Å². The van der Waals surface area contributed by atoms with Crippen molar-refractivity contribution in [2.24, 2.45) is 0 Å². The first-order chi connectivity index (χ1) is 8.08. The van der Waals surface area contributed by atoms with E-state index in [1.165, 1.54) is 0 Å². The summed E-state index contributed by atoms with van der Waals surface area (Å²) in [4.78, 5) is 22.6. The molecule has 0 atom stereocenters. The molecular weight excluding hydrogens is 238 g/mol. The Labute approximate surface area is 105 Å². The number of carbonyl (C=O) groups is 2. The number of amides is 1. The lowest BCUT2D eigenvalue weighted by Crippen LogP contribution is -2.11. The molecule has 4 nitrogen and oxygen atoms in total. The molecule has 0 radical (unpaired) electrons. The van der Waals surface area contributed by atoms with E-state index in [1.54, 1.807) is 24.3 Å². The Hall–Kier alpha value is -1.49. The molecule has 1 aromatic rings. The van der Waals surface area contributed by atoms with Crippen molar-refractivity contribution in [3.05, 3.63) is 24.3 Å². The van der Waals surface area contributed by atoms with Crippen LogP contribution in [0.4, 0.5) is 5.69 Å². The number of carboxylic acids is 1. The summed E-state index contributed by atoms with van der Waals surface area (Å²) in [5, 5.41) is 11.2. The molecule has 0 fully saturated rings. The Kier molecular flexibility index (Phi) is 5.56. The van der Waals surface area contributed by atoms with Gasteiger partial charge in [0.15, 0.2) is 0 Å². The van der Waals surface area contributed by atoms with Crippen LogP contribution >= 0.6 is 12.6 Å². The number of carbonyl (C=O) groups excluding carboxylic acids is 1. The Morgan fingerprint density at radius 1 is 1.12 bits per heavy atom. The zero-order valence-electron chi connectivity index (χ0n) is 9.35. The lowest BCUT2D eigenvalue weighted by Gasteiger charge is -2.04. The van der Waals surface area contributed by atoms with Crippen LogP contribution in [0.15, 0.2) is 29.2 Å². The number of aliphatic carboxylic acids is 1. The molecule has 0 aliphatic rings. The number of hydrogen-bond acceptors (Lipinski definition) is 3. The number of benzene rings is 1. The quantitative estimate of drug-likeness (QED) is 0.539. The van der Waals surface area contributed by atoms with E-state index >= 15 is 0 Å². The van der Waals surface area contributed by atoms with Crippen molar-refractivity contribution in [2.75, 3.05) is 5.32 Å². The molecule has 0 spiro atoms. The van der Waals surface area contributed by atoms with Gasteiger partial charge < -0.3 is 10.4 Å². The van der Waals surface area contributed by atoms with Crippen LogP contribution in [0.3, 0.4) is 0 Å². The van der Waals surface area contributed by atoms with E-state index in [-0.39, 0.29) is 12.3 Å². The smallest absolute Gasteiger partial charge is 0.303 e. The molecule has 5 heteroatoms. The third-order valence-corrected chi connectivity index (χ3v) is 2.49. The summed E-state index contributed by atoms with van der Waals surface area (Å²) in [7, 11) is 0. The van der Waals surface area contributed by atoms with Crippen molar-refractivity contribution in [3.63, 3.8) is 0 Å². The molecule has 1 aromatic carbocycles. The van der Waals surface area contributed by atoms with Crippen LogP contribution in [0.1, 0.15) is 25.7 Å². The average molecular weight is 253 g/mol. The lowest BCUT2D eigenvalue weighted by atomic mass is 10.2. The van der Waals surface area contributed by atoms with Crippen molar-refractivity contribution in [1.29, 1.82) is 0 Å². The van der Waals surface area contributed by atoms with Gasteiger partial charge in [0.25, 0.3) is 0 Å². The molecule has 92 valence electrons. The topological polar surface area (TPSA) is 66.4 Å². The lowest BCUT2D eigenvalue weighted by molar-refractivity contribution is -0.137. The molecule has 0 saturated heterocycles. The van der Waals surface area contributed by atoms with Crippen molar-refractivity contribution in [2.45, 2.75) is 30.6 Å². The number of carboxylic acid groups (broad SMARTS) is 1. The van der Waals surface area contributed by atoms with Crippen LogP contribution in [-0.2, 0) is 9.59 Å². The van der Waals surface area contributed by atoms with E-state index in [2.05, 4.69) is 17.9 Å². The minimum absolute atomic E-state index is 0.0951. The summed E-state index contributed by atoms with van der Waals surface area (Å²) in [6.07, 6.45) is 1.57. The highest BCUT2D eigenvalue weighted by Crippen LogP contribution is 2.12. The van der Waals surface area contributed by atoms with Crippen LogP contribution in [0.2, 0.25) is 0 Å². The van der Waals surface area contributed by atoms with Crippen LogP contribution in [0.5, 0.6) is 0 Å². The molecule has 0 saturated carbocycles. The summed E-state index contributed by atoms with van der Waals surface area (Å²) in [5.74, 6) is -0.919. The van der Waals surface area contributed by atoms with Crippen molar-refractivity contribution < 1.29 is 14.7 Å². The molecule has 0 aliphatic heterocycles. The van der Waals surface area contributed by atoms with Gasteiger partial charge in [-0.15, -0.1) is 12.6 Å². The fourth-order valence-electron chi connectivity index (χ4n) is 1.33. The van der Waals surface area contributed by atoms with Gasteiger partial charge in [0.05, 0.1) is 0 Å². The molecule has 2 N–H and O–H groups in total. The van der Waals surface area contributed by atoms with Crippen LogP contribution in [0.25, 0.3) is 0 Å². The molecule has 0 heterocycles. The zero-order valence-corrected chi connectivity index (χ0v) is 10.2. The minimum atomic E-state index is -0.824. The van der Waals surface area contributed by atoms with Gasteiger partial charge in [0.2, 0.25) is 5.91 Å². The van der Waals surface area contributed by atoms with Crippen molar-refractivity contribution >= 4 is 30.2 Å². The molecule has 1 rings (SSSR count). The predicted octanol–water partition coefficient (Wildman–Crippen LogP) is 2.56. The first kappa shape index (κ1) is 13.6. The number of unbranched alkanes of at least 4 members (excludes halogenated alkanes) is 1. The summed E-state index contributed by atoms with van der Waals surface area (Å²) < 4.78 is 0. The standard InChI is InChI=1S/C12H15NO3S/c14-11(3-1-2-4-12(15)16)13-9-5-7-10(17)8-6-9/h5-8,17H,1-4H2,(H,13,14)(H,15,16). The monoisotopic (exact) mass is 253 g/mol. The fraction of sp³-hybridized carbons (Fsp3) is 0.333. The van der Waals surface area contributed by atoms with E-state index in [0.717, 1.165) is 10.6 Å². The number of rotatable bonds is 6. The second kappa shape index (κ2) is 6.96. The normalized spacial score (nSPS) is 9.94. The summed E-state index contributed by atoms with van der Waals surface area (Å²) in [6, 6.07) is 7.14. The number of hydrogen-bond donors (Lipinski definition) is 3. The number of thiol groups is 1. The first-order valence-electron chi connectivity index (χ1n) is 5.38. The molecule has 0 unspecified atom stereocenters. The highest BCUT2D eigenvalue weighted by Gasteiger charge is 2.03. The number of anilines is 1. The Morgan fingerprint density at radius 3 is 2.29 bits per heavy atom. The largest absolute Gasteiger partial charge is 0.481 e. The summed E-state index contributed by atoms with van der Waals surface area (Å²) in [5.41, 5.74) is 0.728. The van der Waals surface area contributed by atoms with Gasteiger partial charge in [0, 0.05) is 23.4 Å². The second-order valence-corrected chi connectivity index (χ2v) is 4.21. The van der Waals surface area contributed by atoms with Gasteiger partial charge in [-0.2, -0.15) is 0 Å². The van der Waals surface area contributed by atoms with Crippen LogP contribution in [0, 0.1) is 0 Å². The molecule has 0 bridgehead atoms. The molecule has 1 amide bonds. The number of nitrogens with one attached hydrogen (secondary N) is 1. The Morgan fingerprint density at radius 2 is 1.71 bits per heavy atom. The van der Waals surface area contributed by atoms with E-state index < -0.39 is 5.97 Å². The second-order valence-electron chi connectivity index (χ2n) is 3.70. The maximum absolute atomic E-state index is 11.5. The molecule has 0 aromatic heterocycles.